The van der Waals surface area contributed by atoms with Crippen LogP contribution in [0.25, 0.3) is 0 Å². The Labute approximate surface area is 71.0 Å². The Morgan fingerprint density at radius 1 is 1.50 bits per heavy atom. The van der Waals surface area contributed by atoms with Crippen LogP contribution in [0, 0.1) is 0 Å². The Morgan fingerprint density at radius 2 is 2.17 bits per heavy atom. The molecule has 0 bridgehead atoms. The fourth-order valence-electron chi connectivity index (χ4n) is 0.917. The van der Waals surface area contributed by atoms with Gasteiger partial charge in [-0.05, 0) is 12.1 Å². The van der Waals surface area contributed by atoms with Crippen molar-refractivity contribution in [3.63, 3.8) is 0 Å². The van der Waals surface area contributed by atoms with Crippen molar-refractivity contribution in [2.24, 2.45) is 5.73 Å². The summed E-state index contributed by atoms with van der Waals surface area (Å²) in [6.07, 6.45) is 4.05. The summed E-state index contributed by atoms with van der Waals surface area (Å²) in [5.74, 6) is 0. The van der Waals surface area contributed by atoms with E-state index in [1.165, 1.54) is 0 Å². The Balaban J connectivity index is 2.73. The summed E-state index contributed by atoms with van der Waals surface area (Å²) >= 11 is 0. The predicted molar refractivity (Wildman–Crippen MR) is 46.7 cm³/mol. The van der Waals surface area contributed by atoms with Crippen LogP contribution < -0.4 is 10.6 Å². The van der Waals surface area contributed by atoms with Gasteiger partial charge >= 0.3 is 0 Å². The second kappa shape index (κ2) is 4.46. The summed E-state index contributed by atoms with van der Waals surface area (Å²) in [5, 5.41) is 0. The highest BCUT2D eigenvalue weighted by molar-refractivity contribution is 5.74. The maximum Gasteiger partial charge on any atom is 0.214 e. The normalized spacial score (nSPS) is 9.42. The van der Waals surface area contributed by atoms with Crippen LogP contribution in [0.2, 0.25) is 0 Å². The first-order valence-electron chi connectivity index (χ1n) is 3.70. The number of aromatic nitrogens is 1. The number of hydrogen-bond donors (Lipinski definition) is 1. The summed E-state index contributed by atoms with van der Waals surface area (Å²) in [4.78, 5) is 15.9. The lowest BCUT2D eigenvalue weighted by molar-refractivity contribution is -0.107. The molecule has 1 aromatic rings. The molecular weight excluding hydrogens is 154 g/mol. The molecule has 0 fully saturated rings. The van der Waals surface area contributed by atoms with Crippen LogP contribution in [0.1, 0.15) is 0 Å². The van der Waals surface area contributed by atoms with E-state index in [2.05, 4.69) is 4.98 Å². The van der Waals surface area contributed by atoms with Crippen LogP contribution in [0.15, 0.2) is 24.5 Å². The van der Waals surface area contributed by atoms with Gasteiger partial charge in [-0.1, -0.05) is 0 Å². The molecule has 4 nitrogen and oxygen atoms in total. The monoisotopic (exact) mass is 165 g/mol. The predicted octanol–water partition coefficient (Wildman–Crippen LogP) is 0.00310. The van der Waals surface area contributed by atoms with Crippen LogP contribution >= 0.6 is 0 Å². The Hall–Kier alpha value is -1.42. The second-order valence-electron chi connectivity index (χ2n) is 2.29. The summed E-state index contributed by atoms with van der Waals surface area (Å²) in [6.45, 7) is 0.995. The molecule has 0 spiro atoms. The quantitative estimate of drug-likeness (QED) is 0.639. The highest BCUT2D eigenvalue weighted by Crippen LogP contribution is 2.08. The molecule has 0 unspecified atom stereocenters. The minimum atomic E-state index is 0.459. The number of amides is 1. The zero-order valence-corrected chi connectivity index (χ0v) is 6.68. The molecule has 64 valence electrons. The highest BCUT2D eigenvalue weighted by atomic mass is 16.1. The molecule has 1 aromatic heterocycles. The zero-order chi connectivity index (χ0) is 8.81. The number of pyridine rings is 1. The van der Waals surface area contributed by atoms with Gasteiger partial charge in [0.15, 0.2) is 0 Å². The highest BCUT2D eigenvalue weighted by Gasteiger charge is 2.01. The van der Waals surface area contributed by atoms with E-state index in [9.17, 15) is 4.79 Å². The van der Waals surface area contributed by atoms with Crippen LogP contribution in [-0.4, -0.2) is 24.5 Å². The first-order valence-corrected chi connectivity index (χ1v) is 3.70. The maximum atomic E-state index is 10.5. The van der Waals surface area contributed by atoms with Crippen molar-refractivity contribution in [2.45, 2.75) is 0 Å². The topological polar surface area (TPSA) is 59.2 Å². The maximum absolute atomic E-state index is 10.5. The van der Waals surface area contributed by atoms with Crippen molar-refractivity contribution < 1.29 is 4.79 Å². The number of carbonyl (C=O) groups is 1. The third kappa shape index (κ3) is 2.03. The SMILES string of the molecule is NCCN(C=O)c1ccncc1. The van der Waals surface area contributed by atoms with Crippen molar-refractivity contribution >= 4 is 12.1 Å². The lowest BCUT2D eigenvalue weighted by atomic mass is 10.3. The number of nitrogens with two attached hydrogens (primary N) is 1. The number of nitrogens with zero attached hydrogens (tertiary/aromatic N) is 2. The van der Waals surface area contributed by atoms with Crippen LogP contribution in [0.3, 0.4) is 0 Å². The smallest absolute Gasteiger partial charge is 0.214 e. The molecule has 0 radical (unpaired) electrons. The van der Waals surface area contributed by atoms with Crippen molar-refractivity contribution in [1.82, 2.24) is 4.98 Å². The zero-order valence-electron chi connectivity index (χ0n) is 6.68. The van der Waals surface area contributed by atoms with Gasteiger partial charge in [0.05, 0.1) is 0 Å². The van der Waals surface area contributed by atoms with E-state index in [4.69, 9.17) is 5.73 Å². The van der Waals surface area contributed by atoms with Crippen molar-refractivity contribution in [3.05, 3.63) is 24.5 Å². The molecule has 1 amide bonds. The van der Waals surface area contributed by atoms with Gasteiger partial charge < -0.3 is 10.6 Å². The average molecular weight is 165 g/mol. The van der Waals surface area contributed by atoms with Gasteiger partial charge in [0, 0.05) is 31.2 Å². The van der Waals surface area contributed by atoms with Gasteiger partial charge in [-0.25, -0.2) is 0 Å². The number of hydrogen-bond acceptors (Lipinski definition) is 3. The molecule has 0 atom stereocenters. The lowest BCUT2D eigenvalue weighted by Crippen LogP contribution is -2.27. The molecule has 4 heteroatoms. The molecule has 2 N–H and O–H groups in total. The van der Waals surface area contributed by atoms with Gasteiger partial charge in [-0.3, -0.25) is 9.78 Å². The van der Waals surface area contributed by atoms with E-state index in [0.717, 1.165) is 12.1 Å². The van der Waals surface area contributed by atoms with Gasteiger partial charge in [0.1, 0.15) is 0 Å². The van der Waals surface area contributed by atoms with Crippen LogP contribution in [-0.2, 0) is 4.79 Å². The number of rotatable bonds is 4. The third-order valence-corrected chi connectivity index (χ3v) is 1.49. The number of carbonyl (C=O) groups excluding carboxylic acids is 1. The Bertz CT molecular complexity index is 237. The van der Waals surface area contributed by atoms with E-state index < -0.39 is 0 Å². The van der Waals surface area contributed by atoms with Crippen LogP contribution in [0.4, 0.5) is 5.69 Å². The van der Waals surface area contributed by atoms with Crippen LogP contribution in [0.5, 0.6) is 0 Å². The standard InChI is InChI=1S/C8H11N3O/c9-3-6-11(7-12)8-1-4-10-5-2-8/h1-2,4-5,7H,3,6,9H2. The van der Waals surface area contributed by atoms with E-state index in [0.29, 0.717) is 13.1 Å². The molecule has 0 saturated carbocycles. The molecule has 0 aliphatic carbocycles. The first kappa shape index (κ1) is 8.67. The van der Waals surface area contributed by atoms with E-state index >= 15 is 0 Å². The summed E-state index contributed by atoms with van der Waals surface area (Å²) in [7, 11) is 0. The van der Waals surface area contributed by atoms with Crippen molar-refractivity contribution in [3.8, 4) is 0 Å². The van der Waals surface area contributed by atoms with E-state index in [1.807, 2.05) is 0 Å². The van der Waals surface area contributed by atoms with Gasteiger partial charge in [0.25, 0.3) is 0 Å². The summed E-state index contributed by atoms with van der Waals surface area (Å²) < 4.78 is 0. The third-order valence-electron chi connectivity index (χ3n) is 1.49. The molecule has 1 heterocycles. The molecule has 12 heavy (non-hydrogen) atoms. The Morgan fingerprint density at radius 3 is 2.67 bits per heavy atom. The second-order valence-corrected chi connectivity index (χ2v) is 2.29. The average Bonchev–Trinajstić information content (AvgIpc) is 2.15. The van der Waals surface area contributed by atoms with Gasteiger partial charge in [0.2, 0.25) is 6.41 Å². The molecule has 0 saturated heterocycles. The summed E-state index contributed by atoms with van der Waals surface area (Å²) in [5.41, 5.74) is 6.15. The summed E-state index contributed by atoms with van der Waals surface area (Å²) in [6, 6.07) is 3.54. The Kier molecular flexibility index (Phi) is 3.22. The fourth-order valence-corrected chi connectivity index (χ4v) is 0.917. The van der Waals surface area contributed by atoms with Gasteiger partial charge in [-0.2, -0.15) is 0 Å². The molecular formula is C8H11N3O. The minimum Gasteiger partial charge on any atom is -0.329 e. The largest absolute Gasteiger partial charge is 0.329 e. The molecule has 0 aliphatic heterocycles. The van der Waals surface area contributed by atoms with Crippen molar-refractivity contribution in [1.29, 1.82) is 0 Å². The van der Waals surface area contributed by atoms with Crippen molar-refractivity contribution in [2.75, 3.05) is 18.0 Å². The minimum absolute atomic E-state index is 0.459. The van der Waals surface area contributed by atoms with Gasteiger partial charge in [-0.15, -0.1) is 0 Å². The fraction of sp³-hybridized carbons (Fsp3) is 0.250. The number of anilines is 1. The first-order chi connectivity index (χ1) is 5.88. The molecule has 0 aromatic carbocycles. The van der Waals surface area contributed by atoms with E-state index in [1.54, 1.807) is 29.4 Å². The molecule has 1 rings (SSSR count). The molecule has 0 aliphatic rings. The van der Waals surface area contributed by atoms with E-state index in [-0.39, 0.29) is 0 Å². The lowest BCUT2D eigenvalue weighted by Gasteiger charge is -2.15.